The quantitative estimate of drug-likeness (QED) is 0.778. The number of ether oxygens (including phenoxy) is 1. The van der Waals surface area contributed by atoms with Gasteiger partial charge in [0, 0.05) is 18.7 Å². The maximum atomic E-state index is 12.3. The van der Waals surface area contributed by atoms with Crippen LogP contribution >= 0.6 is 0 Å². The third kappa shape index (κ3) is 4.16. The van der Waals surface area contributed by atoms with Crippen molar-refractivity contribution in [3.8, 4) is 0 Å². The molecule has 0 radical (unpaired) electrons. The minimum atomic E-state index is -3.20. The minimum Gasteiger partial charge on any atom is -0.375 e. The number of sulfonamides is 1. The van der Waals surface area contributed by atoms with Gasteiger partial charge >= 0.3 is 0 Å². The lowest BCUT2D eigenvalue weighted by Crippen LogP contribution is -2.49. The van der Waals surface area contributed by atoms with Crippen molar-refractivity contribution in [3.63, 3.8) is 0 Å². The van der Waals surface area contributed by atoms with Crippen LogP contribution in [0.15, 0.2) is 0 Å². The van der Waals surface area contributed by atoms with Gasteiger partial charge in [0.15, 0.2) is 0 Å². The zero-order chi connectivity index (χ0) is 14.6. The van der Waals surface area contributed by atoms with Crippen molar-refractivity contribution in [1.82, 2.24) is 10.0 Å². The first-order valence-corrected chi connectivity index (χ1v) is 9.51. The standard InChI is InChI=1S/C14H28N2O3S/c1-3-14(4-2)10-12(7-9-19-14)16-20(17,18)11-13-6-5-8-15-13/h12-13,15-16H,3-11H2,1-2H3. The Morgan fingerprint density at radius 3 is 2.65 bits per heavy atom. The second-order valence-corrected chi connectivity index (χ2v) is 7.92. The summed E-state index contributed by atoms with van der Waals surface area (Å²) < 4.78 is 33.3. The van der Waals surface area contributed by atoms with E-state index in [-0.39, 0.29) is 23.4 Å². The lowest BCUT2D eigenvalue weighted by atomic mass is 9.86. The Labute approximate surface area is 122 Å². The second kappa shape index (κ2) is 6.73. The van der Waals surface area contributed by atoms with Crippen LogP contribution in [0.2, 0.25) is 0 Å². The fourth-order valence-electron chi connectivity index (χ4n) is 3.34. The van der Waals surface area contributed by atoms with Crippen LogP contribution in [-0.4, -0.2) is 45.0 Å². The molecule has 0 saturated carbocycles. The molecule has 2 heterocycles. The molecular formula is C14H28N2O3S. The van der Waals surface area contributed by atoms with E-state index >= 15 is 0 Å². The SMILES string of the molecule is CCC1(CC)CC(NS(=O)(=O)CC2CCCN2)CCO1. The van der Waals surface area contributed by atoms with Crippen molar-refractivity contribution in [3.05, 3.63) is 0 Å². The highest BCUT2D eigenvalue weighted by atomic mass is 32.2. The Balaban J connectivity index is 1.91. The summed E-state index contributed by atoms with van der Waals surface area (Å²) in [5.41, 5.74) is -0.142. The van der Waals surface area contributed by atoms with Crippen LogP contribution in [-0.2, 0) is 14.8 Å². The average molecular weight is 304 g/mol. The molecule has 0 aliphatic carbocycles. The van der Waals surface area contributed by atoms with Crippen LogP contribution in [0.25, 0.3) is 0 Å². The molecule has 0 aromatic heterocycles. The van der Waals surface area contributed by atoms with Crippen molar-refractivity contribution >= 4 is 10.0 Å². The Morgan fingerprint density at radius 1 is 1.30 bits per heavy atom. The van der Waals surface area contributed by atoms with E-state index in [1.54, 1.807) is 0 Å². The molecule has 2 aliphatic rings. The molecule has 2 atom stereocenters. The lowest BCUT2D eigenvalue weighted by Gasteiger charge is -2.40. The molecule has 2 N–H and O–H groups in total. The maximum Gasteiger partial charge on any atom is 0.213 e. The molecule has 2 saturated heterocycles. The second-order valence-electron chi connectivity index (χ2n) is 6.12. The molecule has 2 unspecified atom stereocenters. The zero-order valence-corrected chi connectivity index (χ0v) is 13.5. The number of rotatable bonds is 6. The predicted octanol–water partition coefficient (Wildman–Crippen LogP) is 1.40. The van der Waals surface area contributed by atoms with Gasteiger partial charge < -0.3 is 10.1 Å². The third-order valence-electron chi connectivity index (χ3n) is 4.71. The van der Waals surface area contributed by atoms with Gasteiger partial charge in [-0.15, -0.1) is 0 Å². The maximum absolute atomic E-state index is 12.3. The smallest absolute Gasteiger partial charge is 0.213 e. The van der Waals surface area contributed by atoms with Crippen molar-refractivity contribution in [2.75, 3.05) is 18.9 Å². The molecule has 118 valence electrons. The summed E-state index contributed by atoms with van der Waals surface area (Å²) in [6.07, 6.45) is 5.48. The Hall–Kier alpha value is -0.170. The fraction of sp³-hybridized carbons (Fsp3) is 1.00. The number of hydrogen-bond acceptors (Lipinski definition) is 4. The molecule has 20 heavy (non-hydrogen) atoms. The number of hydrogen-bond donors (Lipinski definition) is 2. The molecule has 2 aliphatic heterocycles. The topological polar surface area (TPSA) is 67.4 Å². The first-order valence-electron chi connectivity index (χ1n) is 7.86. The van der Waals surface area contributed by atoms with Gasteiger partial charge in [0.05, 0.1) is 11.4 Å². The number of nitrogens with one attached hydrogen (secondary N) is 2. The molecule has 6 heteroatoms. The van der Waals surface area contributed by atoms with E-state index in [4.69, 9.17) is 4.74 Å². The summed E-state index contributed by atoms with van der Waals surface area (Å²) >= 11 is 0. The molecule has 0 spiro atoms. The van der Waals surface area contributed by atoms with Gasteiger partial charge in [-0.25, -0.2) is 13.1 Å². The fourth-order valence-corrected chi connectivity index (χ4v) is 4.96. The van der Waals surface area contributed by atoms with Crippen molar-refractivity contribution in [2.45, 2.75) is 70.1 Å². The van der Waals surface area contributed by atoms with Crippen LogP contribution in [0.4, 0.5) is 0 Å². The normalized spacial score (nSPS) is 30.5. The summed E-state index contributed by atoms with van der Waals surface area (Å²) in [7, 11) is -3.20. The van der Waals surface area contributed by atoms with Crippen LogP contribution in [0.1, 0.15) is 52.4 Å². The zero-order valence-electron chi connectivity index (χ0n) is 12.7. The van der Waals surface area contributed by atoms with Crippen molar-refractivity contribution < 1.29 is 13.2 Å². The van der Waals surface area contributed by atoms with E-state index in [0.29, 0.717) is 6.61 Å². The molecule has 5 nitrogen and oxygen atoms in total. The molecule has 2 rings (SSSR count). The summed E-state index contributed by atoms with van der Waals surface area (Å²) in [6, 6.07) is 0.143. The molecular weight excluding hydrogens is 276 g/mol. The Kier molecular flexibility index (Phi) is 5.45. The van der Waals surface area contributed by atoms with E-state index in [0.717, 1.165) is 45.1 Å². The van der Waals surface area contributed by atoms with E-state index in [1.165, 1.54) is 0 Å². The molecule has 0 bridgehead atoms. The monoisotopic (exact) mass is 304 g/mol. The molecule has 0 aromatic rings. The highest BCUT2D eigenvalue weighted by Crippen LogP contribution is 2.31. The van der Waals surface area contributed by atoms with Gasteiger partial charge in [-0.1, -0.05) is 13.8 Å². The molecule has 2 fully saturated rings. The first kappa shape index (κ1) is 16.2. The average Bonchev–Trinajstić information content (AvgIpc) is 2.90. The summed E-state index contributed by atoms with van der Waals surface area (Å²) in [5.74, 6) is 0.204. The van der Waals surface area contributed by atoms with Crippen molar-refractivity contribution in [1.29, 1.82) is 0 Å². The van der Waals surface area contributed by atoms with E-state index in [1.807, 2.05) is 0 Å². The van der Waals surface area contributed by atoms with Gasteiger partial charge in [-0.05, 0) is 45.1 Å². The summed E-state index contributed by atoms with van der Waals surface area (Å²) in [4.78, 5) is 0. The van der Waals surface area contributed by atoms with Gasteiger partial charge in [0.1, 0.15) is 0 Å². The van der Waals surface area contributed by atoms with E-state index < -0.39 is 10.0 Å². The first-order chi connectivity index (χ1) is 9.49. The van der Waals surface area contributed by atoms with Crippen LogP contribution in [0, 0.1) is 0 Å². The van der Waals surface area contributed by atoms with Gasteiger partial charge in [-0.2, -0.15) is 0 Å². The molecule has 0 amide bonds. The predicted molar refractivity (Wildman–Crippen MR) is 80.2 cm³/mol. The summed E-state index contributed by atoms with van der Waals surface area (Å²) in [5, 5.41) is 3.24. The van der Waals surface area contributed by atoms with Gasteiger partial charge in [-0.3, -0.25) is 0 Å². The summed E-state index contributed by atoms with van der Waals surface area (Å²) in [6.45, 7) is 5.81. The van der Waals surface area contributed by atoms with Crippen LogP contribution in [0.3, 0.4) is 0 Å². The van der Waals surface area contributed by atoms with Gasteiger partial charge in [0.2, 0.25) is 10.0 Å². The lowest BCUT2D eigenvalue weighted by molar-refractivity contribution is -0.0905. The largest absolute Gasteiger partial charge is 0.375 e. The Bertz CT molecular complexity index is 401. The van der Waals surface area contributed by atoms with Crippen LogP contribution in [0.5, 0.6) is 0 Å². The highest BCUT2D eigenvalue weighted by Gasteiger charge is 2.36. The minimum absolute atomic E-state index is 0.0232. The van der Waals surface area contributed by atoms with E-state index in [2.05, 4.69) is 23.9 Å². The van der Waals surface area contributed by atoms with Crippen molar-refractivity contribution in [2.24, 2.45) is 0 Å². The van der Waals surface area contributed by atoms with Gasteiger partial charge in [0.25, 0.3) is 0 Å². The van der Waals surface area contributed by atoms with E-state index in [9.17, 15) is 8.42 Å². The highest BCUT2D eigenvalue weighted by molar-refractivity contribution is 7.89. The third-order valence-corrected chi connectivity index (χ3v) is 6.24. The Morgan fingerprint density at radius 2 is 2.05 bits per heavy atom. The van der Waals surface area contributed by atoms with Crippen LogP contribution < -0.4 is 10.0 Å². The molecule has 0 aromatic carbocycles.